The van der Waals surface area contributed by atoms with Crippen LogP contribution in [-0.4, -0.2) is 51.3 Å². The van der Waals surface area contributed by atoms with Crippen LogP contribution < -0.4 is 15.5 Å². The van der Waals surface area contributed by atoms with Crippen molar-refractivity contribution in [1.82, 2.24) is 10.6 Å². The van der Waals surface area contributed by atoms with E-state index in [1.165, 1.54) is 11.8 Å². The third-order valence-corrected chi connectivity index (χ3v) is 5.14. The summed E-state index contributed by atoms with van der Waals surface area (Å²) in [6, 6.07) is 14.2. The molecule has 3 rings (SSSR count). The van der Waals surface area contributed by atoms with Crippen LogP contribution in [0, 0.1) is 0 Å². The number of carbonyl (C=O) groups is 3. The maximum atomic E-state index is 13.2. The molecule has 0 aromatic heterocycles. The molecule has 8 nitrogen and oxygen atoms in total. The Morgan fingerprint density at radius 1 is 1.10 bits per heavy atom. The zero-order valence-corrected chi connectivity index (χ0v) is 17.9. The highest BCUT2D eigenvalue weighted by Crippen LogP contribution is 2.39. The Bertz CT molecular complexity index is 962. The number of carbonyl (C=O) groups excluding carboxylic acids is 3. The Labute approximate surface area is 181 Å². The molecule has 3 amide bonds. The SMILES string of the molecule is COCCCNC(=O)O[C@@H](C)C(=O)NC1C(=O)N(C)c2ccccc2-c2ccccc21. The predicted octanol–water partition coefficient (Wildman–Crippen LogP) is 2.64. The van der Waals surface area contributed by atoms with Crippen molar-refractivity contribution in [3.05, 3.63) is 54.1 Å². The first-order chi connectivity index (χ1) is 14.9. The van der Waals surface area contributed by atoms with Gasteiger partial charge in [0.05, 0.1) is 5.69 Å². The summed E-state index contributed by atoms with van der Waals surface area (Å²) in [6.45, 7) is 2.35. The molecular weight excluding hydrogens is 398 g/mol. The summed E-state index contributed by atoms with van der Waals surface area (Å²) in [5.41, 5.74) is 3.22. The molecule has 1 heterocycles. The van der Waals surface area contributed by atoms with Gasteiger partial charge in [-0.3, -0.25) is 9.59 Å². The van der Waals surface area contributed by atoms with Gasteiger partial charge in [0, 0.05) is 32.9 Å². The number of hydrogen-bond acceptors (Lipinski definition) is 5. The summed E-state index contributed by atoms with van der Waals surface area (Å²) < 4.78 is 10.1. The minimum atomic E-state index is -1.07. The number of benzene rings is 2. The number of amides is 3. The summed E-state index contributed by atoms with van der Waals surface area (Å²) in [7, 11) is 3.26. The zero-order chi connectivity index (χ0) is 22.4. The number of likely N-dealkylation sites (N-methyl/N-ethyl adjacent to an activating group) is 1. The van der Waals surface area contributed by atoms with Crippen LogP contribution in [0.3, 0.4) is 0 Å². The van der Waals surface area contributed by atoms with E-state index in [2.05, 4.69) is 10.6 Å². The number of nitrogens with one attached hydrogen (secondary N) is 2. The van der Waals surface area contributed by atoms with E-state index in [9.17, 15) is 14.4 Å². The second-order valence-electron chi connectivity index (χ2n) is 7.26. The van der Waals surface area contributed by atoms with Gasteiger partial charge < -0.3 is 25.0 Å². The predicted molar refractivity (Wildman–Crippen MR) is 117 cm³/mol. The molecule has 1 aliphatic heterocycles. The lowest BCUT2D eigenvalue weighted by molar-refractivity contribution is -0.132. The van der Waals surface area contributed by atoms with Gasteiger partial charge in [-0.25, -0.2) is 4.79 Å². The Kier molecular flexibility index (Phi) is 7.25. The molecule has 1 unspecified atom stereocenters. The minimum absolute atomic E-state index is 0.276. The molecule has 0 fully saturated rings. The molecule has 1 aliphatic rings. The maximum absolute atomic E-state index is 13.2. The van der Waals surface area contributed by atoms with Gasteiger partial charge in [0.15, 0.2) is 6.10 Å². The number of methoxy groups -OCH3 is 1. The maximum Gasteiger partial charge on any atom is 0.407 e. The Morgan fingerprint density at radius 3 is 2.52 bits per heavy atom. The number of rotatable bonds is 7. The Morgan fingerprint density at radius 2 is 1.77 bits per heavy atom. The first-order valence-corrected chi connectivity index (χ1v) is 10.1. The first kappa shape index (κ1) is 22.3. The fraction of sp³-hybridized carbons (Fsp3) is 0.348. The quantitative estimate of drug-likeness (QED) is 0.665. The second kappa shape index (κ2) is 10.1. The van der Waals surface area contributed by atoms with Crippen molar-refractivity contribution >= 4 is 23.6 Å². The molecule has 0 bridgehead atoms. The summed E-state index contributed by atoms with van der Waals surface area (Å²) in [5.74, 6) is -0.832. The summed E-state index contributed by atoms with van der Waals surface area (Å²) in [6.07, 6.45) is -1.14. The molecule has 0 saturated heterocycles. The van der Waals surface area contributed by atoms with Crippen LogP contribution in [0.1, 0.15) is 24.9 Å². The van der Waals surface area contributed by atoms with Crippen molar-refractivity contribution in [3.63, 3.8) is 0 Å². The second-order valence-corrected chi connectivity index (χ2v) is 7.26. The van der Waals surface area contributed by atoms with Gasteiger partial charge in [0.25, 0.3) is 11.8 Å². The number of alkyl carbamates (subject to hydrolysis) is 1. The molecule has 0 aliphatic carbocycles. The largest absolute Gasteiger partial charge is 0.436 e. The van der Waals surface area contributed by atoms with Crippen molar-refractivity contribution in [2.75, 3.05) is 32.2 Å². The van der Waals surface area contributed by atoms with E-state index in [0.29, 0.717) is 25.1 Å². The topological polar surface area (TPSA) is 97.0 Å². The summed E-state index contributed by atoms with van der Waals surface area (Å²) >= 11 is 0. The zero-order valence-electron chi connectivity index (χ0n) is 17.9. The molecule has 2 N–H and O–H groups in total. The third kappa shape index (κ3) is 5.03. The molecular formula is C23H27N3O5. The van der Waals surface area contributed by atoms with Crippen molar-refractivity contribution in [3.8, 4) is 11.1 Å². The number of hydrogen-bond donors (Lipinski definition) is 2. The lowest BCUT2D eigenvalue weighted by Crippen LogP contribution is -2.45. The van der Waals surface area contributed by atoms with Gasteiger partial charge >= 0.3 is 6.09 Å². The van der Waals surface area contributed by atoms with Crippen LogP contribution in [-0.2, 0) is 19.1 Å². The fourth-order valence-corrected chi connectivity index (χ4v) is 3.50. The monoisotopic (exact) mass is 425 g/mol. The van der Waals surface area contributed by atoms with Gasteiger partial charge in [-0.05, 0) is 30.5 Å². The highest BCUT2D eigenvalue weighted by Gasteiger charge is 2.34. The first-order valence-electron chi connectivity index (χ1n) is 10.1. The van der Waals surface area contributed by atoms with Crippen LogP contribution in [0.25, 0.3) is 11.1 Å². The molecule has 2 aromatic rings. The van der Waals surface area contributed by atoms with Gasteiger partial charge in [-0.2, -0.15) is 0 Å². The van der Waals surface area contributed by atoms with E-state index >= 15 is 0 Å². The number of fused-ring (bicyclic) bond motifs is 3. The van der Waals surface area contributed by atoms with E-state index in [0.717, 1.165) is 16.8 Å². The van der Waals surface area contributed by atoms with E-state index < -0.39 is 24.1 Å². The third-order valence-electron chi connectivity index (χ3n) is 5.14. The van der Waals surface area contributed by atoms with Crippen LogP contribution in [0.2, 0.25) is 0 Å². The lowest BCUT2D eigenvalue weighted by atomic mass is 9.95. The average molecular weight is 425 g/mol. The van der Waals surface area contributed by atoms with E-state index in [4.69, 9.17) is 9.47 Å². The highest BCUT2D eigenvalue weighted by atomic mass is 16.6. The average Bonchev–Trinajstić information content (AvgIpc) is 2.86. The molecule has 0 spiro atoms. The van der Waals surface area contributed by atoms with Crippen molar-refractivity contribution < 1.29 is 23.9 Å². The van der Waals surface area contributed by atoms with Crippen molar-refractivity contribution in [1.29, 1.82) is 0 Å². The van der Waals surface area contributed by atoms with Crippen molar-refractivity contribution in [2.45, 2.75) is 25.5 Å². The van der Waals surface area contributed by atoms with E-state index in [-0.39, 0.29) is 5.91 Å². The Hall–Kier alpha value is -3.39. The molecule has 2 aromatic carbocycles. The molecule has 0 radical (unpaired) electrons. The van der Waals surface area contributed by atoms with Gasteiger partial charge in [-0.15, -0.1) is 0 Å². The van der Waals surface area contributed by atoms with Gasteiger partial charge in [0.2, 0.25) is 0 Å². The molecule has 31 heavy (non-hydrogen) atoms. The van der Waals surface area contributed by atoms with Crippen molar-refractivity contribution in [2.24, 2.45) is 0 Å². The van der Waals surface area contributed by atoms with E-state index in [1.807, 2.05) is 48.5 Å². The minimum Gasteiger partial charge on any atom is -0.436 e. The smallest absolute Gasteiger partial charge is 0.407 e. The van der Waals surface area contributed by atoms with Crippen LogP contribution in [0.4, 0.5) is 10.5 Å². The van der Waals surface area contributed by atoms with Crippen LogP contribution in [0.15, 0.2) is 48.5 Å². The number of nitrogens with zero attached hydrogens (tertiary/aromatic N) is 1. The number of para-hydroxylation sites is 1. The lowest BCUT2D eigenvalue weighted by Gasteiger charge is -2.24. The Balaban J connectivity index is 1.76. The van der Waals surface area contributed by atoms with Gasteiger partial charge in [0.1, 0.15) is 6.04 Å². The normalized spacial score (nSPS) is 15.9. The number of ether oxygens (including phenoxy) is 2. The summed E-state index contributed by atoms with van der Waals surface area (Å²) in [4.78, 5) is 39.4. The molecule has 164 valence electrons. The number of anilines is 1. The molecule has 2 atom stereocenters. The molecule has 8 heteroatoms. The highest BCUT2D eigenvalue weighted by molar-refractivity contribution is 6.06. The molecule has 0 saturated carbocycles. The van der Waals surface area contributed by atoms with Crippen LogP contribution in [0.5, 0.6) is 0 Å². The fourth-order valence-electron chi connectivity index (χ4n) is 3.50. The standard InChI is InChI=1S/C23H27N3O5/c1-15(31-23(29)24-13-8-14-30-3)21(27)25-20-18-11-5-4-9-16(18)17-10-6-7-12-19(17)26(2)22(20)28/h4-7,9-12,15,20H,8,13-14H2,1-3H3,(H,24,29)(H,25,27)/t15-,20?/m0/s1. The van der Waals surface area contributed by atoms with Crippen LogP contribution >= 0.6 is 0 Å². The van der Waals surface area contributed by atoms with Gasteiger partial charge in [-0.1, -0.05) is 42.5 Å². The summed E-state index contributed by atoms with van der Waals surface area (Å²) in [5, 5.41) is 5.32. The van der Waals surface area contributed by atoms with E-state index in [1.54, 1.807) is 14.2 Å².